The Bertz CT molecular complexity index is 858. The van der Waals surface area contributed by atoms with Crippen molar-refractivity contribution in [3.05, 3.63) is 28.8 Å². The zero-order valence-electron chi connectivity index (χ0n) is 16.2. The number of ether oxygens (including phenoxy) is 1. The van der Waals surface area contributed by atoms with E-state index in [-0.39, 0.29) is 36.9 Å². The maximum absolute atomic E-state index is 13.4. The third-order valence-electron chi connectivity index (χ3n) is 6.21. The van der Waals surface area contributed by atoms with Crippen molar-refractivity contribution in [2.24, 2.45) is 17.8 Å². The molecule has 3 amide bonds. The van der Waals surface area contributed by atoms with E-state index in [1.165, 1.54) is 12.0 Å². The minimum atomic E-state index is -1.15. The number of carbonyl (C=O) groups is 3. The summed E-state index contributed by atoms with van der Waals surface area (Å²) in [6, 6.07) is 5.18. The van der Waals surface area contributed by atoms with Crippen LogP contribution in [0.2, 0.25) is 5.02 Å². The molecular formula is C20H25ClN3O4+. The SMILES string of the molecule is COCCN1C(=O)[C@H]2[C@@H](C1=O)[C@]1([NH2+][C@@H]2CC(C)C)C(=O)Nc2c(Cl)cccc21. The zero-order chi connectivity index (χ0) is 20.2. The Morgan fingerprint density at radius 3 is 2.71 bits per heavy atom. The molecule has 0 saturated carbocycles. The molecule has 2 fully saturated rings. The number of amides is 3. The number of methoxy groups -OCH3 is 1. The maximum Gasteiger partial charge on any atom is 0.291 e. The lowest BCUT2D eigenvalue weighted by Crippen LogP contribution is -2.99. The molecular weight excluding hydrogens is 382 g/mol. The fourth-order valence-electron chi connectivity index (χ4n) is 5.18. The van der Waals surface area contributed by atoms with E-state index in [4.69, 9.17) is 16.3 Å². The van der Waals surface area contributed by atoms with Crippen LogP contribution in [0.5, 0.6) is 0 Å². The molecule has 1 aromatic carbocycles. The molecule has 7 nitrogen and oxygen atoms in total. The summed E-state index contributed by atoms with van der Waals surface area (Å²) in [4.78, 5) is 41.1. The molecule has 0 aliphatic carbocycles. The van der Waals surface area contributed by atoms with E-state index in [0.29, 0.717) is 22.2 Å². The van der Waals surface area contributed by atoms with Gasteiger partial charge in [0.05, 0.1) is 23.9 Å². The number of hydrogen-bond donors (Lipinski definition) is 2. The van der Waals surface area contributed by atoms with Gasteiger partial charge in [-0.05, 0) is 18.1 Å². The first-order valence-corrected chi connectivity index (χ1v) is 10.0. The highest BCUT2D eigenvalue weighted by atomic mass is 35.5. The standard InChI is InChI=1S/C20H24ClN3O4/c1-10(2)9-13-14-15(18(26)24(17(14)25)7-8-28-3)20(23-13)11-5-4-6-12(21)16(11)22-19(20)27/h4-6,10,13-15,23H,7-9H2,1-3H3,(H,22,27)/p+1/t13-,14-,15+,20+/m1/s1. The van der Waals surface area contributed by atoms with Gasteiger partial charge in [-0.1, -0.05) is 31.5 Å². The lowest BCUT2D eigenvalue weighted by Gasteiger charge is -2.26. The van der Waals surface area contributed by atoms with E-state index >= 15 is 0 Å². The summed E-state index contributed by atoms with van der Waals surface area (Å²) in [6.07, 6.45) is 0.739. The Kier molecular flexibility index (Phi) is 4.72. The lowest BCUT2D eigenvalue weighted by atomic mass is 9.76. The minimum absolute atomic E-state index is 0.148. The monoisotopic (exact) mass is 406 g/mol. The summed E-state index contributed by atoms with van der Waals surface area (Å²) in [6.45, 7) is 4.64. The molecule has 8 heteroatoms. The van der Waals surface area contributed by atoms with Gasteiger partial charge in [-0.15, -0.1) is 0 Å². The Hall–Kier alpha value is -1.96. The van der Waals surface area contributed by atoms with E-state index in [1.807, 2.05) is 11.4 Å². The second-order valence-corrected chi connectivity index (χ2v) is 8.68. The van der Waals surface area contributed by atoms with Gasteiger partial charge in [-0.25, -0.2) is 0 Å². The summed E-state index contributed by atoms with van der Waals surface area (Å²) in [7, 11) is 1.53. The summed E-state index contributed by atoms with van der Waals surface area (Å²) in [5.41, 5.74) is 0.0879. The van der Waals surface area contributed by atoms with Crippen LogP contribution in [0.25, 0.3) is 0 Å². The first kappa shape index (κ1) is 19.4. The largest absolute Gasteiger partial charge is 0.383 e. The van der Waals surface area contributed by atoms with Crippen LogP contribution >= 0.6 is 11.6 Å². The first-order chi connectivity index (χ1) is 13.3. The van der Waals surface area contributed by atoms with Crippen molar-refractivity contribution in [3.63, 3.8) is 0 Å². The van der Waals surface area contributed by atoms with Gasteiger partial charge >= 0.3 is 0 Å². The number of nitrogens with two attached hydrogens (primary N) is 1. The molecule has 1 aromatic rings. The molecule has 3 heterocycles. The number of rotatable bonds is 5. The molecule has 2 saturated heterocycles. The Labute approximate surface area is 168 Å². The van der Waals surface area contributed by atoms with Gasteiger partial charge in [-0.3, -0.25) is 19.3 Å². The number of fused-ring (bicyclic) bond motifs is 4. The molecule has 4 atom stereocenters. The predicted molar refractivity (Wildman–Crippen MR) is 103 cm³/mol. The fraction of sp³-hybridized carbons (Fsp3) is 0.550. The average Bonchev–Trinajstić information content (AvgIpc) is 3.20. The average molecular weight is 407 g/mol. The molecule has 4 rings (SSSR count). The zero-order valence-corrected chi connectivity index (χ0v) is 17.0. The van der Waals surface area contributed by atoms with Gasteiger partial charge in [0.1, 0.15) is 17.9 Å². The van der Waals surface area contributed by atoms with Crippen LogP contribution in [0, 0.1) is 17.8 Å². The molecule has 1 spiro atoms. The van der Waals surface area contributed by atoms with Gasteiger partial charge in [0.2, 0.25) is 17.4 Å². The quantitative estimate of drug-likeness (QED) is 0.705. The van der Waals surface area contributed by atoms with Crippen LogP contribution in [0.15, 0.2) is 18.2 Å². The van der Waals surface area contributed by atoms with Gasteiger partial charge in [0, 0.05) is 19.1 Å². The predicted octanol–water partition coefficient (Wildman–Crippen LogP) is 0.727. The number of carbonyl (C=O) groups excluding carboxylic acids is 3. The van der Waals surface area contributed by atoms with Gasteiger partial charge in [-0.2, -0.15) is 0 Å². The summed E-state index contributed by atoms with van der Waals surface area (Å²) >= 11 is 6.32. The number of para-hydroxylation sites is 1. The molecule has 28 heavy (non-hydrogen) atoms. The second kappa shape index (κ2) is 6.83. The molecule has 0 aromatic heterocycles. The third kappa shape index (κ3) is 2.53. The molecule has 150 valence electrons. The van der Waals surface area contributed by atoms with Crippen LogP contribution < -0.4 is 10.6 Å². The van der Waals surface area contributed by atoms with Gasteiger partial charge in [0.15, 0.2) is 0 Å². The fourth-order valence-corrected chi connectivity index (χ4v) is 5.40. The highest BCUT2D eigenvalue weighted by Crippen LogP contribution is 2.51. The summed E-state index contributed by atoms with van der Waals surface area (Å²) in [5, 5.41) is 5.26. The number of benzene rings is 1. The van der Waals surface area contributed by atoms with Crippen molar-refractivity contribution < 1.29 is 24.4 Å². The first-order valence-electron chi connectivity index (χ1n) is 9.63. The molecule has 0 unspecified atom stereocenters. The van der Waals surface area contributed by atoms with Crippen molar-refractivity contribution in [2.75, 3.05) is 25.6 Å². The maximum atomic E-state index is 13.4. The summed E-state index contributed by atoms with van der Waals surface area (Å²) < 4.78 is 5.07. The van der Waals surface area contributed by atoms with Crippen molar-refractivity contribution in [1.29, 1.82) is 0 Å². The van der Waals surface area contributed by atoms with Crippen LogP contribution in [0.1, 0.15) is 25.8 Å². The number of quaternary nitrogens is 1. The van der Waals surface area contributed by atoms with E-state index in [2.05, 4.69) is 19.2 Å². The number of likely N-dealkylation sites (tertiary alicyclic amines) is 1. The molecule has 0 bridgehead atoms. The van der Waals surface area contributed by atoms with E-state index in [0.717, 1.165) is 6.42 Å². The lowest BCUT2D eigenvalue weighted by molar-refractivity contribution is -0.734. The molecule has 3 aliphatic rings. The number of hydrogen-bond acceptors (Lipinski definition) is 4. The molecule has 3 N–H and O–H groups in total. The second-order valence-electron chi connectivity index (χ2n) is 8.27. The highest BCUT2D eigenvalue weighted by Gasteiger charge is 2.74. The highest BCUT2D eigenvalue weighted by molar-refractivity contribution is 6.35. The van der Waals surface area contributed by atoms with E-state index in [1.54, 1.807) is 12.1 Å². The number of imide groups is 1. The topological polar surface area (TPSA) is 92.3 Å². The molecule has 3 aliphatic heterocycles. The number of halogens is 1. The normalized spacial score (nSPS) is 31.1. The number of nitrogens with one attached hydrogen (secondary N) is 1. The van der Waals surface area contributed by atoms with E-state index < -0.39 is 17.4 Å². The Morgan fingerprint density at radius 2 is 2.04 bits per heavy atom. The van der Waals surface area contributed by atoms with Crippen LogP contribution in [-0.4, -0.2) is 48.9 Å². The number of anilines is 1. The van der Waals surface area contributed by atoms with Crippen LogP contribution in [0.3, 0.4) is 0 Å². The van der Waals surface area contributed by atoms with Gasteiger partial charge in [0.25, 0.3) is 5.91 Å². The van der Waals surface area contributed by atoms with Crippen molar-refractivity contribution in [3.8, 4) is 0 Å². The molecule has 0 radical (unpaired) electrons. The van der Waals surface area contributed by atoms with Crippen molar-refractivity contribution >= 4 is 35.0 Å². The van der Waals surface area contributed by atoms with E-state index in [9.17, 15) is 14.4 Å². The van der Waals surface area contributed by atoms with Crippen molar-refractivity contribution in [1.82, 2.24) is 4.90 Å². The van der Waals surface area contributed by atoms with Gasteiger partial charge < -0.3 is 15.4 Å². The van der Waals surface area contributed by atoms with Crippen LogP contribution in [0.4, 0.5) is 5.69 Å². The summed E-state index contributed by atoms with van der Waals surface area (Å²) in [5.74, 6) is -1.70. The Balaban J connectivity index is 1.84. The Morgan fingerprint density at radius 1 is 1.29 bits per heavy atom. The smallest absolute Gasteiger partial charge is 0.291 e. The minimum Gasteiger partial charge on any atom is -0.383 e. The van der Waals surface area contributed by atoms with Crippen LogP contribution in [-0.2, 0) is 24.7 Å². The third-order valence-corrected chi connectivity index (χ3v) is 6.52. The van der Waals surface area contributed by atoms with Crippen molar-refractivity contribution in [2.45, 2.75) is 31.8 Å². The number of nitrogens with zero attached hydrogens (tertiary/aromatic N) is 1.